The van der Waals surface area contributed by atoms with Crippen molar-refractivity contribution in [2.24, 2.45) is 5.92 Å². The highest BCUT2D eigenvalue weighted by molar-refractivity contribution is 5.89. The van der Waals surface area contributed by atoms with Gasteiger partial charge in [-0.1, -0.05) is 63.4 Å². The number of aliphatic hydroxyl groups excluding tert-OH is 1. The smallest absolute Gasteiger partial charge is 0.206 e. The predicted molar refractivity (Wildman–Crippen MR) is 113 cm³/mol. The third-order valence-corrected chi connectivity index (χ3v) is 5.10. The second kappa shape index (κ2) is 13.8. The minimum absolute atomic E-state index is 0.220. The molecule has 0 aliphatic heterocycles. The average Bonchev–Trinajstić information content (AvgIpc) is 2.75. The summed E-state index contributed by atoms with van der Waals surface area (Å²) >= 11 is 0. The van der Waals surface area contributed by atoms with Crippen molar-refractivity contribution >= 4 is 5.78 Å². The fourth-order valence-corrected chi connectivity index (χ4v) is 3.24. The maximum absolute atomic E-state index is 13.1. The van der Waals surface area contributed by atoms with Gasteiger partial charge in [-0.3, -0.25) is 4.79 Å². The molecule has 0 aliphatic rings. The van der Waals surface area contributed by atoms with Crippen LogP contribution in [0.4, 0.5) is 0 Å². The van der Waals surface area contributed by atoms with Crippen LogP contribution < -0.4 is 0 Å². The van der Waals surface area contributed by atoms with Gasteiger partial charge in [0.15, 0.2) is 12.1 Å². The molecule has 1 aromatic carbocycles. The van der Waals surface area contributed by atoms with Crippen molar-refractivity contribution in [1.82, 2.24) is 0 Å². The number of carbonyl (C=O) groups is 1. The molecule has 0 radical (unpaired) electrons. The molecule has 6 heteroatoms. The number of unbranched alkanes of at least 4 members (excludes halogenated alkanes) is 1. The standard InChI is InChI=1S/C23H38O6/c1-5-9-13-18(6-2)16-27-17-20(24)23(26,22(28-7-3)29-8-4)21(25)19-14-11-10-12-15-19/h10-12,14-15,18,21-22,25-26H,5-9,13,16-17H2,1-4H3. The van der Waals surface area contributed by atoms with Crippen molar-refractivity contribution in [2.45, 2.75) is 71.4 Å². The van der Waals surface area contributed by atoms with Gasteiger partial charge in [0.25, 0.3) is 0 Å². The maximum atomic E-state index is 13.1. The SMILES string of the molecule is CCCCC(CC)COCC(=O)C(O)(C(OCC)OCC)C(O)c1ccccc1. The van der Waals surface area contributed by atoms with Crippen LogP contribution in [0.3, 0.4) is 0 Å². The van der Waals surface area contributed by atoms with Crippen molar-refractivity contribution in [3.8, 4) is 0 Å². The Kier molecular flexibility index (Phi) is 12.3. The zero-order chi connectivity index (χ0) is 21.7. The van der Waals surface area contributed by atoms with Crippen molar-refractivity contribution in [3.05, 3.63) is 35.9 Å². The summed E-state index contributed by atoms with van der Waals surface area (Å²) in [5.41, 5.74) is -1.87. The molecule has 0 amide bonds. The molecule has 0 saturated heterocycles. The highest BCUT2D eigenvalue weighted by Gasteiger charge is 2.52. The Morgan fingerprint density at radius 3 is 2.21 bits per heavy atom. The van der Waals surface area contributed by atoms with E-state index < -0.39 is 23.8 Å². The summed E-state index contributed by atoms with van der Waals surface area (Å²) < 4.78 is 16.7. The zero-order valence-electron chi connectivity index (χ0n) is 18.3. The van der Waals surface area contributed by atoms with Crippen LogP contribution in [0.5, 0.6) is 0 Å². The van der Waals surface area contributed by atoms with Crippen molar-refractivity contribution < 1.29 is 29.2 Å². The van der Waals surface area contributed by atoms with Crippen LogP contribution in [0, 0.1) is 5.92 Å². The summed E-state index contributed by atoms with van der Waals surface area (Å²) in [4.78, 5) is 13.1. The van der Waals surface area contributed by atoms with Crippen LogP contribution >= 0.6 is 0 Å². The maximum Gasteiger partial charge on any atom is 0.206 e. The van der Waals surface area contributed by atoms with E-state index >= 15 is 0 Å². The van der Waals surface area contributed by atoms with Gasteiger partial charge in [-0.25, -0.2) is 0 Å². The molecule has 0 fully saturated rings. The molecule has 166 valence electrons. The van der Waals surface area contributed by atoms with Crippen molar-refractivity contribution in [1.29, 1.82) is 0 Å². The predicted octanol–water partition coefficient (Wildman–Crippen LogP) is 3.65. The molecule has 6 nitrogen and oxygen atoms in total. The van der Waals surface area contributed by atoms with Crippen molar-refractivity contribution in [2.75, 3.05) is 26.4 Å². The molecule has 3 unspecified atom stereocenters. The first-order valence-corrected chi connectivity index (χ1v) is 10.7. The lowest BCUT2D eigenvalue weighted by Gasteiger charge is -2.37. The van der Waals surface area contributed by atoms with Crippen LogP contribution in [0.15, 0.2) is 30.3 Å². The Balaban J connectivity index is 2.98. The van der Waals surface area contributed by atoms with E-state index in [1.165, 1.54) is 0 Å². The number of hydrogen-bond acceptors (Lipinski definition) is 6. The van der Waals surface area contributed by atoms with Gasteiger partial charge in [-0.15, -0.1) is 0 Å². The molecule has 1 aromatic rings. The number of ketones is 1. The third-order valence-electron chi connectivity index (χ3n) is 5.10. The van der Waals surface area contributed by atoms with E-state index in [4.69, 9.17) is 14.2 Å². The van der Waals surface area contributed by atoms with Gasteiger partial charge in [-0.05, 0) is 31.7 Å². The Morgan fingerprint density at radius 2 is 1.69 bits per heavy atom. The number of benzene rings is 1. The number of rotatable bonds is 16. The lowest BCUT2D eigenvalue weighted by molar-refractivity contribution is -0.257. The highest BCUT2D eigenvalue weighted by atomic mass is 16.7. The van der Waals surface area contributed by atoms with Crippen LogP contribution in [-0.2, 0) is 19.0 Å². The van der Waals surface area contributed by atoms with E-state index in [9.17, 15) is 15.0 Å². The van der Waals surface area contributed by atoms with E-state index in [0.29, 0.717) is 18.1 Å². The van der Waals surface area contributed by atoms with Gasteiger partial charge < -0.3 is 24.4 Å². The second-order valence-electron chi connectivity index (χ2n) is 7.24. The molecule has 0 aromatic heterocycles. The topological polar surface area (TPSA) is 85.2 Å². The second-order valence-corrected chi connectivity index (χ2v) is 7.24. The first-order chi connectivity index (χ1) is 13.9. The molecule has 0 saturated carbocycles. The summed E-state index contributed by atoms with van der Waals surface area (Å²) in [5.74, 6) is -0.296. The Labute approximate surface area is 175 Å². The van der Waals surface area contributed by atoms with Gasteiger partial charge in [-0.2, -0.15) is 0 Å². The molecule has 1 rings (SSSR count). The fourth-order valence-electron chi connectivity index (χ4n) is 3.24. The van der Waals surface area contributed by atoms with Gasteiger partial charge in [0, 0.05) is 19.8 Å². The zero-order valence-corrected chi connectivity index (χ0v) is 18.3. The van der Waals surface area contributed by atoms with E-state index in [-0.39, 0.29) is 19.8 Å². The quantitative estimate of drug-likeness (QED) is 0.405. The summed E-state index contributed by atoms with van der Waals surface area (Å²) in [6.07, 6.45) is 1.42. The molecule has 29 heavy (non-hydrogen) atoms. The van der Waals surface area contributed by atoms with Gasteiger partial charge >= 0.3 is 0 Å². The molecule has 0 spiro atoms. The van der Waals surface area contributed by atoms with Crippen molar-refractivity contribution in [3.63, 3.8) is 0 Å². The number of carbonyl (C=O) groups excluding carboxylic acids is 1. The Bertz CT molecular complexity index is 558. The average molecular weight is 411 g/mol. The van der Waals surface area contributed by atoms with Crippen LogP contribution in [0.25, 0.3) is 0 Å². The van der Waals surface area contributed by atoms with Crippen LogP contribution in [0.1, 0.15) is 65.0 Å². The number of hydrogen-bond donors (Lipinski definition) is 2. The molecule has 3 atom stereocenters. The number of ether oxygens (including phenoxy) is 3. The Hall–Kier alpha value is -1.31. The normalized spacial score (nSPS) is 15.8. The number of aliphatic hydroxyl groups is 2. The van der Waals surface area contributed by atoms with Gasteiger partial charge in [0.1, 0.15) is 12.7 Å². The van der Waals surface area contributed by atoms with Gasteiger partial charge in [0.05, 0.1) is 0 Å². The first-order valence-electron chi connectivity index (χ1n) is 10.7. The first kappa shape index (κ1) is 25.7. The lowest BCUT2D eigenvalue weighted by atomic mass is 9.86. The molecule has 0 heterocycles. The molecular weight excluding hydrogens is 372 g/mol. The summed E-state index contributed by atoms with van der Waals surface area (Å²) in [6.45, 7) is 8.28. The lowest BCUT2D eigenvalue weighted by Crippen LogP contribution is -2.57. The highest BCUT2D eigenvalue weighted by Crippen LogP contribution is 2.32. The number of Topliss-reactive ketones (excluding diaryl/α,β-unsaturated/α-hetero) is 1. The van der Waals surface area contributed by atoms with E-state index in [0.717, 1.165) is 25.7 Å². The molecule has 0 bridgehead atoms. The largest absolute Gasteiger partial charge is 0.385 e. The summed E-state index contributed by atoms with van der Waals surface area (Å²) in [6, 6.07) is 8.56. The van der Waals surface area contributed by atoms with E-state index in [1.54, 1.807) is 44.2 Å². The summed E-state index contributed by atoms with van der Waals surface area (Å²) in [7, 11) is 0. The van der Waals surface area contributed by atoms with Gasteiger partial charge in [0.2, 0.25) is 5.60 Å². The molecule has 0 aliphatic carbocycles. The van der Waals surface area contributed by atoms with E-state index in [2.05, 4.69) is 13.8 Å². The van der Waals surface area contributed by atoms with Crippen LogP contribution in [0.2, 0.25) is 0 Å². The molecular formula is C23H38O6. The van der Waals surface area contributed by atoms with E-state index in [1.807, 2.05) is 0 Å². The molecule has 2 N–H and O–H groups in total. The summed E-state index contributed by atoms with van der Waals surface area (Å²) in [5, 5.41) is 22.3. The minimum atomic E-state index is -2.28. The minimum Gasteiger partial charge on any atom is -0.385 e. The third kappa shape index (κ3) is 7.46. The van der Waals surface area contributed by atoms with Crippen LogP contribution in [-0.4, -0.2) is 54.3 Å². The Morgan fingerprint density at radius 1 is 1.07 bits per heavy atom. The fraction of sp³-hybridized carbons (Fsp3) is 0.696. The monoisotopic (exact) mass is 410 g/mol.